The maximum absolute atomic E-state index is 12.4. The third-order valence-electron chi connectivity index (χ3n) is 4.53. The third-order valence-corrected chi connectivity index (χ3v) is 4.53. The van der Waals surface area contributed by atoms with Crippen LogP contribution in [0.3, 0.4) is 0 Å². The van der Waals surface area contributed by atoms with Crippen LogP contribution in [-0.4, -0.2) is 87.1 Å². The van der Waals surface area contributed by atoms with Gasteiger partial charge < -0.3 is 15.1 Å². The van der Waals surface area contributed by atoms with Crippen molar-refractivity contribution in [2.75, 3.05) is 60.4 Å². The number of likely N-dealkylation sites (tertiary alicyclic amines) is 1. The first-order valence-corrected chi connectivity index (χ1v) is 7.42. The summed E-state index contributed by atoms with van der Waals surface area (Å²) in [5, 5.41) is 3.31. The lowest BCUT2D eigenvalue weighted by Gasteiger charge is -2.34. The lowest BCUT2D eigenvalue weighted by molar-refractivity contribution is -0.135. The van der Waals surface area contributed by atoms with Crippen LogP contribution in [0.2, 0.25) is 0 Å². The molecule has 2 atom stereocenters. The Hall–Kier alpha value is -0.650. The number of rotatable bonds is 4. The monoisotopic (exact) mass is 268 g/mol. The minimum atomic E-state index is 0.0185. The SMILES string of the molecule is CN1CCC(CCN(C)C(=O)C2CNCCN2C)C1. The zero-order valence-corrected chi connectivity index (χ0v) is 12.6. The molecule has 2 rings (SSSR count). The quantitative estimate of drug-likeness (QED) is 0.759. The molecule has 0 bridgehead atoms. The van der Waals surface area contributed by atoms with Gasteiger partial charge in [-0.3, -0.25) is 9.69 Å². The molecule has 0 aromatic carbocycles. The van der Waals surface area contributed by atoms with E-state index in [0.29, 0.717) is 0 Å². The van der Waals surface area contributed by atoms with E-state index in [0.717, 1.165) is 38.5 Å². The van der Waals surface area contributed by atoms with Crippen LogP contribution in [0.1, 0.15) is 12.8 Å². The first-order chi connectivity index (χ1) is 9.08. The summed E-state index contributed by atoms with van der Waals surface area (Å²) >= 11 is 0. The lowest BCUT2D eigenvalue weighted by atomic mass is 10.0. The number of carbonyl (C=O) groups is 1. The Morgan fingerprint density at radius 2 is 2.16 bits per heavy atom. The maximum atomic E-state index is 12.4. The van der Waals surface area contributed by atoms with Gasteiger partial charge in [-0.05, 0) is 39.4 Å². The first-order valence-electron chi connectivity index (χ1n) is 7.42. The van der Waals surface area contributed by atoms with Crippen molar-refractivity contribution in [2.45, 2.75) is 18.9 Å². The fourth-order valence-corrected chi connectivity index (χ4v) is 3.08. The second-order valence-corrected chi connectivity index (χ2v) is 6.17. The number of hydrogen-bond donors (Lipinski definition) is 1. The molecule has 1 N–H and O–H groups in total. The smallest absolute Gasteiger partial charge is 0.240 e. The van der Waals surface area contributed by atoms with Gasteiger partial charge in [-0.2, -0.15) is 0 Å². The van der Waals surface area contributed by atoms with Crippen molar-refractivity contribution in [3.63, 3.8) is 0 Å². The second-order valence-electron chi connectivity index (χ2n) is 6.17. The molecule has 2 aliphatic rings. The summed E-state index contributed by atoms with van der Waals surface area (Å²) in [5.74, 6) is 1.03. The molecule has 5 heteroatoms. The average molecular weight is 268 g/mol. The predicted octanol–water partition coefficient (Wildman–Crippen LogP) is -0.310. The zero-order valence-electron chi connectivity index (χ0n) is 12.6. The molecule has 5 nitrogen and oxygen atoms in total. The number of carbonyl (C=O) groups excluding carboxylic acids is 1. The number of likely N-dealkylation sites (N-methyl/N-ethyl adjacent to an activating group) is 2. The minimum Gasteiger partial charge on any atom is -0.344 e. The topological polar surface area (TPSA) is 38.8 Å². The van der Waals surface area contributed by atoms with Crippen LogP contribution in [0.5, 0.6) is 0 Å². The number of nitrogens with one attached hydrogen (secondary N) is 1. The number of hydrogen-bond acceptors (Lipinski definition) is 4. The molecule has 0 aromatic heterocycles. The number of amides is 1. The second kappa shape index (κ2) is 6.68. The van der Waals surface area contributed by atoms with Crippen LogP contribution in [0.4, 0.5) is 0 Å². The minimum absolute atomic E-state index is 0.0185. The number of nitrogens with zero attached hydrogens (tertiary/aromatic N) is 3. The van der Waals surface area contributed by atoms with Crippen molar-refractivity contribution in [1.29, 1.82) is 0 Å². The highest BCUT2D eigenvalue weighted by Gasteiger charge is 2.28. The van der Waals surface area contributed by atoms with Gasteiger partial charge in [-0.15, -0.1) is 0 Å². The van der Waals surface area contributed by atoms with E-state index in [4.69, 9.17) is 0 Å². The Balaban J connectivity index is 1.75. The summed E-state index contributed by atoms with van der Waals surface area (Å²) in [7, 11) is 6.17. The summed E-state index contributed by atoms with van der Waals surface area (Å²) in [6, 6.07) is 0.0185. The normalized spacial score (nSPS) is 29.6. The zero-order chi connectivity index (χ0) is 13.8. The van der Waals surface area contributed by atoms with Crippen LogP contribution in [-0.2, 0) is 4.79 Å². The highest BCUT2D eigenvalue weighted by molar-refractivity contribution is 5.82. The van der Waals surface area contributed by atoms with Gasteiger partial charge in [0.15, 0.2) is 0 Å². The third kappa shape index (κ3) is 3.91. The molecular weight excluding hydrogens is 240 g/mol. The van der Waals surface area contributed by atoms with Crippen molar-refractivity contribution in [3.8, 4) is 0 Å². The van der Waals surface area contributed by atoms with Crippen molar-refractivity contribution in [3.05, 3.63) is 0 Å². The molecule has 19 heavy (non-hydrogen) atoms. The van der Waals surface area contributed by atoms with Gasteiger partial charge in [0.1, 0.15) is 6.04 Å². The Bertz CT molecular complexity index is 310. The van der Waals surface area contributed by atoms with Crippen LogP contribution in [0, 0.1) is 5.92 Å². The van der Waals surface area contributed by atoms with Gasteiger partial charge in [0.25, 0.3) is 0 Å². The van der Waals surface area contributed by atoms with Gasteiger partial charge in [0, 0.05) is 39.8 Å². The van der Waals surface area contributed by atoms with Gasteiger partial charge in [0.05, 0.1) is 0 Å². The van der Waals surface area contributed by atoms with E-state index < -0.39 is 0 Å². The van der Waals surface area contributed by atoms with E-state index in [9.17, 15) is 4.79 Å². The maximum Gasteiger partial charge on any atom is 0.240 e. The van der Waals surface area contributed by atoms with Crippen LogP contribution < -0.4 is 5.32 Å². The first kappa shape index (κ1) is 14.8. The molecule has 2 unspecified atom stereocenters. The molecule has 110 valence electrons. The fraction of sp³-hybridized carbons (Fsp3) is 0.929. The van der Waals surface area contributed by atoms with Crippen molar-refractivity contribution in [1.82, 2.24) is 20.0 Å². The molecular formula is C14H28N4O. The molecule has 2 aliphatic heterocycles. The standard InChI is InChI=1S/C14H28N4O/c1-16-7-4-12(11-16)5-8-18(3)14(19)13-10-15-6-9-17(13)2/h12-13,15H,4-11H2,1-3H3. The molecule has 0 aliphatic carbocycles. The summed E-state index contributed by atoms with van der Waals surface area (Å²) in [4.78, 5) is 18.9. The van der Waals surface area contributed by atoms with Gasteiger partial charge >= 0.3 is 0 Å². The highest BCUT2D eigenvalue weighted by Crippen LogP contribution is 2.18. The van der Waals surface area contributed by atoms with Gasteiger partial charge in [0.2, 0.25) is 5.91 Å². The molecule has 0 saturated carbocycles. The fourth-order valence-electron chi connectivity index (χ4n) is 3.08. The van der Waals surface area contributed by atoms with Crippen molar-refractivity contribution >= 4 is 5.91 Å². The Labute approximate surface area is 116 Å². The molecule has 2 saturated heterocycles. The average Bonchev–Trinajstić information content (AvgIpc) is 2.81. The largest absolute Gasteiger partial charge is 0.344 e. The summed E-state index contributed by atoms with van der Waals surface area (Å²) in [5.41, 5.74) is 0. The Morgan fingerprint density at radius 3 is 2.79 bits per heavy atom. The highest BCUT2D eigenvalue weighted by atomic mass is 16.2. The Morgan fingerprint density at radius 1 is 1.37 bits per heavy atom. The summed E-state index contributed by atoms with van der Waals surface area (Å²) in [6.07, 6.45) is 2.42. The molecule has 1 amide bonds. The van der Waals surface area contributed by atoms with E-state index >= 15 is 0 Å². The van der Waals surface area contributed by atoms with Crippen molar-refractivity contribution in [2.24, 2.45) is 5.92 Å². The summed E-state index contributed by atoms with van der Waals surface area (Å²) < 4.78 is 0. The Kier molecular flexibility index (Phi) is 5.19. The van der Waals surface area contributed by atoms with E-state index in [-0.39, 0.29) is 11.9 Å². The van der Waals surface area contributed by atoms with E-state index in [1.165, 1.54) is 19.5 Å². The van der Waals surface area contributed by atoms with Crippen LogP contribution in [0.15, 0.2) is 0 Å². The van der Waals surface area contributed by atoms with E-state index in [1.54, 1.807) is 0 Å². The molecule has 0 spiro atoms. The molecule has 2 heterocycles. The molecule has 0 aromatic rings. The van der Waals surface area contributed by atoms with E-state index in [2.05, 4.69) is 22.2 Å². The predicted molar refractivity (Wildman–Crippen MR) is 77.1 cm³/mol. The van der Waals surface area contributed by atoms with Crippen LogP contribution in [0.25, 0.3) is 0 Å². The van der Waals surface area contributed by atoms with Gasteiger partial charge in [-0.1, -0.05) is 0 Å². The summed E-state index contributed by atoms with van der Waals surface area (Å²) in [6.45, 7) is 6.01. The van der Waals surface area contributed by atoms with E-state index in [1.807, 2.05) is 19.0 Å². The molecule has 0 radical (unpaired) electrons. The van der Waals surface area contributed by atoms with Gasteiger partial charge in [-0.25, -0.2) is 0 Å². The molecule has 2 fully saturated rings. The van der Waals surface area contributed by atoms with Crippen molar-refractivity contribution < 1.29 is 4.79 Å². The lowest BCUT2D eigenvalue weighted by Crippen LogP contribution is -2.56. The number of piperazine rings is 1. The van der Waals surface area contributed by atoms with Crippen LogP contribution >= 0.6 is 0 Å².